The van der Waals surface area contributed by atoms with Gasteiger partial charge in [0.2, 0.25) is 0 Å². The zero-order valence-electron chi connectivity index (χ0n) is 21.6. The molecule has 0 unspecified atom stereocenters. The van der Waals surface area contributed by atoms with E-state index in [0.717, 1.165) is 19.3 Å². The number of aromatic nitrogens is 3. The van der Waals surface area contributed by atoms with Gasteiger partial charge in [-0.15, -0.1) is 0 Å². The fourth-order valence-electron chi connectivity index (χ4n) is 4.60. The van der Waals surface area contributed by atoms with Crippen molar-refractivity contribution >= 4 is 30.1 Å². The molecule has 2 aromatic heterocycles. The molecule has 2 aromatic rings. The van der Waals surface area contributed by atoms with Crippen LogP contribution in [0.25, 0.3) is 5.52 Å². The standard InChI is InChI=1S/C25H37N5O7/c1-5-8-9-12-35-24(34)29-22-17-10-11-19(30(17)28-15-27-22)25(14-26-4)21(32)20(18(13-31)37-25)36-23(33)16(6-2)7-3/h10-11,15-16,18,20-21,31-32H,4-9,12-14H2,1-3H3,(H,27,28,29,34)/t18-,20-,21-,25+/m1/s1. The second kappa shape index (κ2) is 12.9. The van der Waals surface area contributed by atoms with Crippen LogP contribution >= 0.6 is 0 Å². The molecule has 204 valence electrons. The van der Waals surface area contributed by atoms with Crippen molar-refractivity contribution < 1.29 is 34.0 Å². The quantitative estimate of drug-likeness (QED) is 0.205. The third-order valence-electron chi connectivity index (χ3n) is 6.70. The van der Waals surface area contributed by atoms with Gasteiger partial charge in [0.1, 0.15) is 24.1 Å². The lowest BCUT2D eigenvalue weighted by molar-refractivity contribution is -0.161. The number of aliphatic hydroxyl groups is 2. The highest BCUT2D eigenvalue weighted by molar-refractivity contribution is 5.88. The molecule has 3 rings (SSSR count). The van der Waals surface area contributed by atoms with Gasteiger partial charge < -0.3 is 24.4 Å². The summed E-state index contributed by atoms with van der Waals surface area (Å²) >= 11 is 0. The van der Waals surface area contributed by atoms with Crippen LogP contribution in [0, 0.1) is 5.92 Å². The molecule has 0 aliphatic carbocycles. The average molecular weight is 520 g/mol. The first kappa shape index (κ1) is 28.5. The Morgan fingerprint density at radius 2 is 2.05 bits per heavy atom. The van der Waals surface area contributed by atoms with Crippen LogP contribution in [-0.4, -0.2) is 81.7 Å². The number of carbonyl (C=O) groups excluding carboxylic acids is 2. The molecule has 0 saturated carbocycles. The summed E-state index contributed by atoms with van der Waals surface area (Å²) in [7, 11) is 0. The van der Waals surface area contributed by atoms with Gasteiger partial charge in [-0.3, -0.25) is 15.1 Å². The van der Waals surface area contributed by atoms with Crippen LogP contribution in [-0.2, 0) is 24.6 Å². The first-order valence-corrected chi connectivity index (χ1v) is 12.7. The summed E-state index contributed by atoms with van der Waals surface area (Å²) in [6.45, 7) is 9.07. The number of anilines is 1. The average Bonchev–Trinajstić information content (AvgIpc) is 3.44. The topological polar surface area (TPSA) is 157 Å². The minimum absolute atomic E-state index is 0.109. The van der Waals surface area contributed by atoms with Crippen molar-refractivity contribution in [3.8, 4) is 0 Å². The van der Waals surface area contributed by atoms with Crippen LogP contribution in [0.2, 0.25) is 0 Å². The van der Waals surface area contributed by atoms with Gasteiger partial charge in [0.05, 0.1) is 31.4 Å². The maximum absolute atomic E-state index is 12.7. The van der Waals surface area contributed by atoms with Crippen LogP contribution in [0.15, 0.2) is 23.5 Å². The molecule has 3 heterocycles. The van der Waals surface area contributed by atoms with Crippen molar-refractivity contribution in [2.24, 2.45) is 10.9 Å². The van der Waals surface area contributed by atoms with Gasteiger partial charge in [-0.05, 0) is 38.1 Å². The maximum atomic E-state index is 12.7. The third kappa shape index (κ3) is 5.91. The van der Waals surface area contributed by atoms with E-state index in [9.17, 15) is 19.8 Å². The van der Waals surface area contributed by atoms with Gasteiger partial charge in [0.15, 0.2) is 17.5 Å². The van der Waals surface area contributed by atoms with Gasteiger partial charge in [-0.2, -0.15) is 5.10 Å². The zero-order valence-corrected chi connectivity index (χ0v) is 21.6. The Morgan fingerprint density at radius 1 is 1.30 bits per heavy atom. The lowest BCUT2D eigenvalue weighted by Gasteiger charge is -2.30. The van der Waals surface area contributed by atoms with Gasteiger partial charge in [-0.25, -0.2) is 14.3 Å². The molecule has 1 saturated heterocycles. The Kier molecular flexibility index (Phi) is 9.95. The smallest absolute Gasteiger partial charge is 0.412 e. The van der Waals surface area contributed by atoms with E-state index in [0.29, 0.717) is 30.7 Å². The zero-order chi connectivity index (χ0) is 27.0. The first-order valence-electron chi connectivity index (χ1n) is 12.7. The van der Waals surface area contributed by atoms with Crippen LogP contribution in [0.4, 0.5) is 10.6 Å². The number of amides is 1. The van der Waals surface area contributed by atoms with E-state index in [2.05, 4.69) is 34.0 Å². The summed E-state index contributed by atoms with van der Waals surface area (Å²) in [5.41, 5.74) is -0.754. The third-order valence-corrected chi connectivity index (χ3v) is 6.70. The Balaban J connectivity index is 1.92. The van der Waals surface area contributed by atoms with E-state index < -0.39 is 42.6 Å². The number of carbonyl (C=O) groups is 2. The SMILES string of the molecule is C=NC[C@@]1(c2ccc3c(NC(=O)OCCCCC)ncnn23)O[C@H](CO)[C@@H](OC(=O)C(CC)CC)[C@H]1O. The minimum atomic E-state index is -1.53. The monoisotopic (exact) mass is 519 g/mol. The molecule has 0 radical (unpaired) electrons. The van der Waals surface area contributed by atoms with E-state index in [1.54, 1.807) is 12.1 Å². The molecule has 1 amide bonds. The van der Waals surface area contributed by atoms with Crippen molar-refractivity contribution in [3.05, 3.63) is 24.2 Å². The molecule has 1 fully saturated rings. The number of hydrogen-bond donors (Lipinski definition) is 3. The second-order valence-corrected chi connectivity index (χ2v) is 9.06. The fourth-order valence-corrected chi connectivity index (χ4v) is 4.60. The van der Waals surface area contributed by atoms with E-state index in [1.807, 2.05) is 13.8 Å². The van der Waals surface area contributed by atoms with E-state index in [4.69, 9.17) is 14.2 Å². The van der Waals surface area contributed by atoms with Crippen molar-refractivity contribution in [2.45, 2.75) is 76.8 Å². The lowest BCUT2D eigenvalue weighted by Crippen LogP contribution is -2.46. The number of unbranched alkanes of at least 4 members (excludes halogenated alkanes) is 2. The van der Waals surface area contributed by atoms with Crippen LogP contribution in [0.3, 0.4) is 0 Å². The molecule has 12 heteroatoms. The Hall–Kier alpha value is -3.09. The molecule has 0 bridgehead atoms. The summed E-state index contributed by atoms with van der Waals surface area (Å²) in [5, 5.41) is 28.4. The summed E-state index contributed by atoms with van der Waals surface area (Å²) in [4.78, 5) is 33.1. The second-order valence-electron chi connectivity index (χ2n) is 9.06. The molecular weight excluding hydrogens is 482 g/mol. The molecule has 0 aromatic carbocycles. The van der Waals surface area contributed by atoms with Gasteiger partial charge in [0, 0.05) is 0 Å². The predicted molar refractivity (Wildman–Crippen MR) is 135 cm³/mol. The predicted octanol–water partition coefficient (Wildman–Crippen LogP) is 2.46. The van der Waals surface area contributed by atoms with Gasteiger partial charge in [-0.1, -0.05) is 33.6 Å². The van der Waals surface area contributed by atoms with Gasteiger partial charge in [0.25, 0.3) is 0 Å². The van der Waals surface area contributed by atoms with Gasteiger partial charge >= 0.3 is 12.1 Å². The number of nitrogens with zero attached hydrogens (tertiary/aromatic N) is 4. The number of nitrogens with one attached hydrogen (secondary N) is 1. The number of fused-ring (bicyclic) bond motifs is 1. The van der Waals surface area contributed by atoms with Crippen molar-refractivity contribution in [3.63, 3.8) is 0 Å². The number of esters is 1. The Morgan fingerprint density at radius 3 is 2.70 bits per heavy atom. The molecule has 12 nitrogen and oxygen atoms in total. The molecule has 1 aliphatic rings. The number of rotatable bonds is 13. The summed E-state index contributed by atoms with van der Waals surface area (Å²) in [5.74, 6) is -0.604. The van der Waals surface area contributed by atoms with Crippen molar-refractivity contribution in [2.75, 3.05) is 25.1 Å². The fraction of sp³-hybridized carbons (Fsp3) is 0.640. The van der Waals surface area contributed by atoms with Crippen molar-refractivity contribution in [1.82, 2.24) is 14.6 Å². The molecule has 37 heavy (non-hydrogen) atoms. The number of hydrogen-bond acceptors (Lipinski definition) is 10. The van der Waals surface area contributed by atoms with Crippen LogP contribution < -0.4 is 5.32 Å². The molecule has 3 N–H and O–H groups in total. The van der Waals surface area contributed by atoms with E-state index in [-0.39, 0.29) is 18.3 Å². The largest absolute Gasteiger partial charge is 0.456 e. The first-order chi connectivity index (χ1) is 17.9. The summed E-state index contributed by atoms with van der Waals surface area (Å²) in [6.07, 6.45) is 0.966. The highest BCUT2D eigenvalue weighted by Crippen LogP contribution is 2.42. The highest BCUT2D eigenvalue weighted by Gasteiger charge is 2.58. The summed E-state index contributed by atoms with van der Waals surface area (Å²) < 4.78 is 18.5. The van der Waals surface area contributed by atoms with Crippen LogP contribution in [0.1, 0.15) is 58.6 Å². The van der Waals surface area contributed by atoms with E-state index in [1.165, 1.54) is 10.8 Å². The molecular formula is C25H37N5O7. The maximum Gasteiger partial charge on any atom is 0.412 e. The molecule has 4 atom stereocenters. The highest BCUT2D eigenvalue weighted by atomic mass is 16.6. The number of aliphatic imine (C=N–C) groups is 1. The molecule has 0 spiro atoms. The number of aliphatic hydroxyl groups excluding tert-OH is 2. The van der Waals surface area contributed by atoms with E-state index >= 15 is 0 Å². The lowest BCUT2D eigenvalue weighted by atomic mass is 9.90. The Bertz CT molecular complexity index is 1070. The Labute approximate surface area is 216 Å². The van der Waals surface area contributed by atoms with Crippen molar-refractivity contribution in [1.29, 1.82) is 0 Å². The minimum Gasteiger partial charge on any atom is -0.456 e. The number of ether oxygens (including phenoxy) is 3. The normalized spacial score (nSPS) is 23.4. The van der Waals surface area contributed by atoms with Crippen LogP contribution in [0.5, 0.6) is 0 Å². The summed E-state index contributed by atoms with van der Waals surface area (Å²) in [6, 6.07) is 3.30. The molecule has 1 aliphatic heterocycles.